The van der Waals surface area contributed by atoms with Crippen LogP contribution in [0.15, 0.2) is 24.3 Å². The Hall–Kier alpha value is -1.11. The van der Waals surface area contributed by atoms with Crippen LogP contribution < -0.4 is 10.1 Å². The Kier molecular flexibility index (Phi) is 6.83. The SMILES string of the molecule is COCCNCc1cccc(OCCS(C)(=O)=O)c1. The summed E-state index contributed by atoms with van der Waals surface area (Å²) in [5.41, 5.74) is 1.09. The number of rotatable bonds is 9. The van der Waals surface area contributed by atoms with Crippen LogP contribution in [0.1, 0.15) is 5.56 Å². The van der Waals surface area contributed by atoms with E-state index >= 15 is 0 Å². The number of sulfone groups is 1. The molecular formula is C13H21NO4S. The second-order valence-electron chi connectivity index (χ2n) is 4.30. The van der Waals surface area contributed by atoms with E-state index in [-0.39, 0.29) is 12.4 Å². The average molecular weight is 287 g/mol. The van der Waals surface area contributed by atoms with Gasteiger partial charge in [-0.15, -0.1) is 0 Å². The molecule has 6 heteroatoms. The molecule has 0 unspecified atom stereocenters. The maximum atomic E-state index is 11.0. The highest BCUT2D eigenvalue weighted by Crippen LogP contribution is 2.13. The smallest absolute Gasteiger partial charge is 0.150 e. The van der Waals surface area contributed by atoms with Crippen molar-refractivity contribution in [2.45, 2.75) is 6.54 Å². The summed E-state index contributed by atoms with van der Waals surface area (Å²) in [5, 5.41) is 3.23. The Labute approximate surface area is 114 Å². The summed E-state index contributed by atoms with van der Waals surface area (Å²) in [6.07, 6.45) is 1.20. The van der Waals surface area contributed by atoms with Gasteiger partial charge in [0.25, 0.3) is 0 Å². The minimum absolute atomic E-state index is 0.0311. The Bertz CT molecular complexity index is 473. The highest BCUT2D eigenvalue weighted by molar-refractivity contribution is 7.90. The van der Waals surface area contributed by atoms with Crippen molar-refractivity contribution < 1.29 is 17.9 Å². The summed E-state index contributed by atoms with van der Waals surface area (Å²) in [6.45, 7) is 2.37. The summed E-state index contributed by atoms with van der Waals surface area (Å²) >= 11 is 0. The summed E-state index contributed by atoms with van der Waals surface area (Å²) in [7, 11) is -1.31. The third-order valence-corrected chi connectivity index (χ3v) is 3.34. The topological polar surface area (TPSA) is 64.6 Å². The predicted octanol–water partition coefficient (Wildman–Crippen LogP) is 0.846. The molecule has 0 aliphatic rings. The zero-order valence-electron chi connectivity index (χ0n) is 11.4. The summed E-state index contributed by atoms with van der Waals surface area (Å²) < 4.78 is 32.3. The Morgan fingerprint density at radius 1 is 1.26 bits per heavy atom. The lowest BCUT2D eigenvalue weighted by Crippen LogP contribution is -2.18. The molecule has 0 aromatic heterocycles. The fourth-order valence-electron chi connectivity index (χ4n) is 1.46. The molecule has 108 valence electrons. The first-order valence-corrected chi connectivity index (χ1v) is 8.16. The van der Waals surface area contributed by atoms with Gasteiger partial charge in [-0.1, -0.05) is 12.1 Å². The number of nitrogens with one attached hydrogen (secondary N) is 1. The normalized spacial score (nSPS) is 11.5. The molecule has 0 amide bonds. The van der Waals surface area contributed by atoms with Gasteiger partial charge in [0.1, 0.15) is 12.4 Å². The van der Waals surface area contributed by atoms with Crippen molar-refractivity contribution in [2.75, 3.05) is 38.9 Å². The third-order valence-electron chi connectivity index (χ3n) is 2.43. The number of ether oxygens (including phenoxy) is 2. The van der Waals surface area contributed by atoms with Gasteiger partial charge in [-0.05, 0) is 17.7 Å². The lowest BCUT2D eigenvalue weighted by Gasteiger charge is -2.08. The van der Waals surface area contributed by atoms with Crippen molar-refractivity contribution in [3.63, 3.8) is 0 Å². The predicted molar refractivity (Wildman–Crippen MR) is 75.2 cm³/mol. The van der Waals surface area contributed by atoms with Gasteiger partial charge >= 0.3 is 0 Å². The molecule has 0 aliphatic heterocycles. The van der Waals surface area contributed by atoms with Gasteiger partial charge in [-0.25, -0.2) is 8.42 Å². The maximum Gasteiger partial charge on any atom is 0.150 e. The van der Waals surface area contributed by atoms with Crippen molar-refractivity contribution in [3.05, 3.63) is 29.8 Å². The van der Waals surface area contributed by atoms with Crippen molar-refractivity contribution in [3.8, 4) is 5.75 Å². The van der Waals surface area contributed by atoms with E-state index in [4.69, 9.17) is 9.47 Å². The largest absolute Gasteiger partial charge is 0.493 e. The molecule has 1 aromatic carbocycles. The first kappa shape index (κ1) is 15.9. The summed E-state index contributed by atoms with van der Waals surface area (Å²) in [5.74, 6) is 0.721. The van der Waals surface area contributed by atoms with Crippen LogP contribution in [-0.4, -0.2) is 47.3 Å². The number of hydrogen-bond acceptors (Lipinski definition) is 5. The Morgan fingerprint density at radius 3 is 2.74 bits per heavy atom. The molecule has 0 radical (unpaired) electrons. The van der Waals surface area contributed by atoms with Crippen LogP contribution >= 0.6 is 0 Å². The lowest BCUT2D eigenvalue weighted by molar-refractivity contribution is 0.199. The van der Waals surface area contributed by atoms with E-state index in [1.54, 1.807) is 7.11 Å². The van der Waals surface area contributed by atoms with E-state index in [0.717, 1.165) is 18.7 Å². The van der Waals surface area contributed by atoms with Crippen molar-refractivity contribution in [1.82, 2.24) is 5.32 Å². The van der Waals surface area contributed by atoms with Gasteiger partial charge in [0, 0.05) is 26.5 Å². The maximum absolute atomic E-state index is 11.0. The van der Waals surface area contributed by atoms with E-state index in [9.17, 15) is 8.42 Å². The Balaban J connectivity index is 2.39. The van der Waals surface area contributed by atoms with Crippen LogP contribution in [0.25, 0.3) is 0 Å². The minimum Gasteiger partial charge on any atom is -0.493 e. The number of methoxy groups -OCH3 is 1. The van der Waals surface area contributed by atoms with Gasteiger partial charge in [0.05, 0.1) is 12.4 Å². The van der Waals surface area contributed by atoms with Crippen LogP contribution in [0.5, 0.6) is 5.75 Å². The van der Waals surface area contributed by atoms with Crippen molar-refractivity contribution >= 4 is 9.84 Å². The summed E-state index contributed by atoms with van der Waals surface area (Å²) in [4.78, 5) is 0. The van der Waals surface area contributed by atoms with Gasteiger partial charge in [-0.3, -0.25) is 0 Å². The second kappa shape index (κ2) is 8.14. The first-order chi connectivity index (χ1) is 9.01. The van der Waals surface area contributed by atoms with E-state index in [1.165, 1.54) is 6.26 Å². The monoisotopic (exact) mass is 287 g/mol. The van der Waals surface area contributed by atoms with Gasteiger partial charge in [0.2, 0.25) is 0 Å². The first-order valence-electron chi connectivity index (χ1n) is 6.10. The van der Waals surface area contributed by atoms with E-state index < -0.39 is 9.84 Å². The number of benzene rings is 1. The molecule has 0 saturated heterocycles. The van der Waals surface area contributed by atoms with Crippen LogP contribution in [-0.2, 0) is 21.1 Å². The second-order valence-corrected chi connectivity index (χ2v) is 6.56. The van der Waals surface area contributed by atoms with Gasteiger partial charge in [-0.2, -0.15) is 0 Å². The molecule has 0 atom stereocenters. The zero-order chi connectivity index (χ0) is 14.1. The molecular weight excluding hydrogens is 266 g/mol. The van der Waals surface area contributed by atoms with E-state index in [2.05, 4.69) is 5.32 Å². The zero-order valence-corrected chi connectivity index (χ0v) is 12.2. The number of hydrogen-bond donors (Lipinski definition) is 1. The molecule has 1 N–H and O–H groups in total. The van der Waals surface area contributed by atoms with Gasteiger partial charge < -0.3 is 14.8 Å². The third kappa shape index (κ3) is 7.81. The average Bonchev–Trinajstić information content (AvgIpc) is 2.34. The van der Waals surface area contributed by atoms with Crippen LogP contribution in [0.2, 0.25) is 0 Å². The molecule has 0 fully saturated rings. The standard InChI is InChI=1S/C13H21NO4S/c1-17-7-6-14-11-12-4-3-5-13(10-12)18-8-9-19(2,15)16/h3-5,10,14H,6-9,11H2,1-2H3. The lowest BCUT2D eigenvalue weighted by atomic mass is 10.2. The quantitative estimate of drug-likeness (QED) is 0.682. The fraction of sp³-hybridized carbons (Fsp3) is 0.538. The van der Waals surface area contributed by atoms with Crippen molar-refractivity contribution in [1.29, 1.82) is 0 Å². The molecule has 0 spiro atoms. The molecule has 0 saturated carbocycles. The molecule has 0 heterocycles. The van der Waals surface area contributed by atoms with E-state index in [1.807, 2.05) is 24.3 Å². The fourth-order valence-corrected chi connectivity index (χ4v) is 1.85. The van der Waals surface area contributed by atoms with Gasteiger partial charge in [0.15, 0.2) is 9.84 Å². The summed E-state index contributed by atoms with van der Waals surface area (Å²) in [6, 6.07) is 7.61. The van der Waals surface area contributed by atoms with E-state index in [0.29, 0.717) is 12.4 Å². The molecule has 0 aliphatic carbocycles. The minimum atomic E-state index is -2.98. The molecule has 5 nitrogen and oxygen atoms in total. The van der Waals surface area contributed by atoms with Crippen LogP contribution in [0.4, 0.5) is 0 Å². The molecule has 19 heavy (non-hydrogen) atoms. The Morgan fingerprint density at radius 2 is 2.05 bits per heavy atom. The van der Waals surface area contributed by atoms with Crippen LogP contribution in [0, 0.1) is 0 Å². The highest BCUT2D eigenvalue weighted by atomic mass is 32.2. The highest BCUT2D eigenvalue weighted by Gasteiger charge is 2.03. The molecule has 0 bridgehead atoms. The molecule has 1 aromatic rings. The molecule has 1 rings (SSSR count). The van der Waals surface area contributed by atoms with Crippen LogP contribution in [0.3, 0.4) is 0 Å². The van der Waals surface area contributed by atoms with Crippen molar-refractivity contribution in [2.24, 2.45) is 0 Å².